The topological polar surface area (TPSA) is 83.7 Å². The van der Waals surface area contributed by atoms with E-state index in [-0.39, 0.29) is 24.1 Å². The maximum absolute atomic E-state index is 12.7. The number of aryl methyl sites for hydroxylation is 1. The molecule has 1 aliphatic heterocycles. The van der Waals surface area contributed by atoms with Crippen LogP contribution < -0.4 is 5.73 Å². The molecule has 0 aromatic heterocycles. The quantitative estimate of drug-likeness (QED) is 0.785. The number of halogens is 1. The van der Waals surface area contributed by atoms with Crippen LogP contribution in [0.4, 0.5) is 5.69 Å². The third kappa shape index (κ3) is 5.00. The van der Waals surface area contributed by atoms with Crippen LogP contribution in [0.5, 0.6) is 0 Å². The molecule has 1 amide bonds. The van der Waals surface area contributed by atoms with Crippen LogP contribution in [0.1, 0.15) is 21.5 Å². The second kappa shape index (κ2) is 8.73. The van der Waals surface area contributed by atoms with Crippen molar-refractivity contribution in [1.82, 2.24) is 9.21 Å². The first kappa shape index (κ1) is 21.2. The van der Waals surface area contributed by atoms with Gasteiger partial charge in [-0.1, -0.05) is 36.4 Å². The Labute approximate surface area is 166 Å². The van der Waals surface area contributed by atoms with Gasteiger partial charge in [0.15, 0.2) is 0 Å². The second-order valence-corrected chi connectivity index (χ2v) is 8.48. The van der Waals surface area contributed by atoms with Crippen LogP contribution in [0, 0.1) is 6.92 Å². The van der Waals surface area contributed by atoms with Crippen LogP contribution in [0.15, 0.2) is 48.5 Å². The molecule has 0 spiro atoms. The molecule has 27 heavy (non-hydrogen) atoms. The lowest BCUT2D eigenvalue weighted by molar-refractivity contribution is 0.0697. The average molecular weight is 410 g/mol. The van der Waals surface area contributed by atoms with Crippen molar-refractivity contribution in [2.45, 2.75) is 12.7 Å². The minimum atomic E-state index is -3.39. The van der Waals surface area contributed by atoms with E-state index in [4.69, 9.17) is 5.73 Å². The van der Waals surface area contributed by atoms with Gasteiger partial charge < -0.3 is 10.6 Å². The van der Waals surface area contributed by atoms with Crippen molar-refractivity contribution in [1.29, 1.82) is 0 Å². The lowest BCUT2D eigenvalue weighted by Crippen LogP contribution is -2.50. The summed E-state index contributed by atoms with van der Waals surface area (Å²) in [5.74, 6) is -0.120. The van der Waals surface area contributed by atoms with Gasteiger partial charge in [0, 0.05) is 37.4 Å². The molecule has 0 unspecified atom stereocenters. The molecule has 2 aromatic rings. The number of sulfonamides is 1. The molecule has 1 aliphatic rings. The number of hydrogen-bond donors (Lipinski definition) is 1. The lowest BCUT2D eigenvalue weighted by atomic mass is 10.1. The van der Waals surface area contributed by atoms with Gasteiger partial charge in [-0.2, -0.15) is 4.31 Å². The Morgan fingerprint density at radius 3 is 2.30 bits per heavy atom. The van der Waals surface area contributed by atoms with Crippen LogP contribution in [0.2, 0.25) is 0 Å². The van der Waals surface area contributed by atoms with Gasteiger partial charge in [-0.05, 0) is 30.2 Å². The summed E-state index contributed by atoms with van der Waals surface area (Å²) in [7, 11) is -3.39. The smallest absolute Gasteiger partial charge is 0.254 e. The second-order valence-electron chi connectivity index (χ2n) is 6.51. The molecule has 0 radical (unpaired) electrons. The molecule has 0 bridgehead atoms. The summed E-state index contributed by atoms with van der Waals surface area (Å²) in [4.78, 5) is 14.4. The molecule has 0 aliphatic carbocycles. The fourth-order valence-corrected chi connectivity index (χ4v) is 4.60. The number of benzene rings is 2. The van der Waals surface area contributed by atoms with Crippen molar-refractivity contribution < 1.29 is 13.2 Å². The Hall–Kier alpha value is -2.09. The minimum absolute atomic E-state index is 0. The van der Waals surface area contributed by atoms with Gasteiger partial charge in [0.05, 0.1) is 5.75 Å². The van der Waals surface area contributed by atoms with Crippen molar-refractivity contribution in [2.75, 3.05) is 31.9 Å². The Morgan fingerprint density at radius 2 is 1.67 bits per heavy atom. The van der Waals surface area contributed by atoms with Crippen LogP contribution in [-0.4, -0.2) is 49.7 Å². The maximum Gasteiger partial charge on any atom is 0.254 e. The summed E-state index contributed by atoms with van der Waals surface area (Å²) < 4.78 is 26.7. The van der Waals surface area contributed by atoms with Gasteiger partial charge in [-0.15, -0.1) is 12.4 Å². The molecule has 0 atom stereocenters. The third-order valence-corrected chi connectivity index (χ3v) is 6.45. The highest BCUT2D eigenvalue weighted by Gasteiger charge is 2.29. The van der Waals surface area contributed by atoms with E-state index < -0.39 is 10.0 Å². The number of hydrogen-bond acceptors (Lipinski definition) is 4. The van der Waals surface area contributed by atoms with Crippen LogP contribution in [-0.2, 0) is 15.8 Å². The number of nitrogens with zero attached hydrogens (tertiary/aromatic N) is 2. The standard InChI is InChI=1S/C19H23N3O3S.ClH/c1-15-7-8-17(20)13-18(15)19(23)21-9-11-22(12-10-21)26(24,25)14-16-5-3-2-4-6-16;/h2-8,13H,9-12,14,20H2,1H3;1H. The monoisotopic (exact) mass is 409 g/mol. The molecule has 1 heterocycles. The third-order valence-electron chi connectivity index (χ3n) is 4.60. The number of carbonyl (C=O) groups is 1. The number of anilines is 1. The van der Waals surface area contributed by atoms with E-state index in [1.165, 1.54) is 4.31 Å². The molecule has 8 heteroatoms. The zero-order chi connectivity index (χ0) is 18.7. The molecule has 1 fully saturated rings. The van der Waals surface area contributed by atoms with Crippen molar-refractivity contribution in [3.05, 3.63) is 65.2 Å². The molecule has 2 N–H and O–H groups in total. The first-order chi connectivity index (χ1) is 12.4. The maximum atomic E-state index is 12.7. The van der Waals surface area contributed by atoms with Gasteiger partial charge in [0.2, 0.25) is 10.0 Å². The highest BCUT2D eigenvalue weighted by molar-refractivity contribution is 7.88. The average Bonchev–Trinajstić information content (AvgIpc) is 2.64. The van der Waals surface area contributed by atoms with Crippen molar-refractivity contribution in [2.24, 2.45) is 0 Å². The number of nitrogens with two attached hydrogens (primary N) is 1. The predicted octanol–water partition coefficient (Wildman–Crippen LogP) is 2.29. The highest BCUT2D eigenvalue weighted by atomic mass is 35.5. The molecular formula is C19H24ClN3O3S. The zero-order valence-electron chi connectivity index (χ0n) is 15.2. The highest BCUT2D eigenvalue weighted by Crippen LogP contribution is 2.18. The van der Waals surface area contributed by atoms with Gasteiger partial charge in [0.25, 0.3) is 5.91 Å². The normalized spacial score (nSPS) is 15.2. The number of carbonyl (C=O) groups excluding carboxylic acids is 1. The first-order valence-corrected chi connectivity index (χ1v) is 10.1. The molecule has 0 saturated carbocycles. The van der Waals surface area contributed by atoms with Crippen molar-refractivity contribution in [3.63, 3.8) is 0 Å². The van der Waals surface area contributed by atoms with Gasteiger partial charge in [-0.3, -0.25) is 4.79 Å². The first-order valence-electron chi connectivity index (χ1n) is 8.54. The Balaban J connectivity index is 0.00000261. The predicted molar refractivity (Wildman–Crippen MR) is 109 cm³/mol. The fraction of sp³-hybridized carbons (Fsp3) is 0.316. The molecule has 3 rings (SSSR count). The number of piperazine rings is 1. The van der Waals surface area contributed by atoms with E-state index in [1.54, 1.807) is 29.2 Å². The summed E-state index contributed by atoms with van der Waals surface area (Å²) in [6.45, 7) is 3.24. The summed E-state index contributed by atoms with van der Waals surface area (Å²) in [6, 6.07) is 14.4. The summed E-state index contributed by atoms with van der Waals surface area (Å²) in [6.07, 6.45) is 0. The molecular weight excluding hydrogens is 386 g/mol. The Bertz CT molecular complexity index is 896. The number of nitrogen functional groups attached to an aromatic ring is 1. The molecule has 1 saturated heterocycles. The summed E-state index contributed by atoms with van der Waals surface area (Å²) >= 11 is 0. The van der Waals surface area contributed by atoms with Gasteiger partial charge in [0.1, 0.15) is 0 Å². The minimum Gasteiger partial charge on any atom is -0.399 e. The van der Waals surface area contributed by atoms with Gasteiger partial charge in [-0.25, -0.2) is 8.42 Å². The van der Waals surface area contributed by atoms with Crippen LogP contribution in [0.3, 0.4) is 0 Å². The zero-order valence-corrected chi connectivity index (χ0v) is 16.8. The van der Waals surface area contributed by atoms with Crippen LogP contribution >= 0.6 is 12.4 Å². The summed E-state index contributed by atoms with van der Waals surface area (Å²) in [5, 5.41) is 0. The Kier molecular flexibility index (Phi) is 6.86. The lowest BCUT2D eigenvalue weighted by Gasteiger charge is -2.34. The van der Waals surface area contributed by atoms with Crippen molar-refractivity contribution >= 4 is 34.0 Å². The van der Waals surface area contributed by atoms with E-state index in [9.17, 15) is 13.2 Å². The van der Waals surface area contributed by atoms with E-state index in [2.05, 4.69) is 0 Å². The number of rotatable bonds is 4. The van der Waals surface area contributed by atoms with E-state index in [1.807, 2.05) is 31.2 Å². The van der Waals surface area contributed by atoms with Crippen LogP contribution in [0.25, 0.3) is 0 Å². The van der Waals surface area contributed by atoms with Crippen molar-refractivity contribution in [3.8, 4) is 0 Å². The van der Waals surface area contributed by atoms with E-state index in [0.717, 1.165) is 11.1 Å². The molecule has 6 nitrogen and oxygen atoms in total. The fourth-order valence-electron chi connectivity index (χ4n) is 3.09. The van der Waals surface area contributed by atoms with Gasteiger partial charge >= 0.3 is 0 Å². The SMILES string of the molecule is Cc1ccc(N)cc1C(=O)N1CCN(S(=O)(=O)Cc2ccccc2)CC1.Cl. The summed E-state index contributed by atoms with van der Waals surface area (Å²) in [5.41, 5.74) is 8.54. The largest absolute Gasteiger partial charge is 0.399 e. The van der Waals surface area contributed by atoms with E-state index in [0.29, 0.717) is 37.4 Å². The molecule has 2 aromatic carbocycles. The molecule has 146 valence electrons. The van der Waals surface area contributed by atoms with E-state index >= 15 is 0 Å². The Morgan fingerprint density at radius 1 is 1.04 bits per heavy atom. The number of amides is 1.